The fourth-order valence-electron chi connectivity index (χ4n) is 1.73. The predicted octanol–water partition coefficient (Wildman–Crippen LogP) is 3.35. The zero-order chi connectivity index (χ0) is 14.3. The van der Waals surface area contributed by atoms with E-state index in [2.05, 4.69) is 15.0 Å². The second kappa shape index (κ2) is 4.41. The van der Waals surface area contributed by atoms with Gasteiger partial charge in [-0.05, 0) is 18.2 Å². The highest BCUT2D eigenvalue weighted by molar-refractivity contribution is 7.21. The van der Waals surface area contributed by atoms with Crippen molar-refractivity contribution in [3.8, 4) is 11.3 Å². The van der Waals surface area contributed by atoms with Gasteiger partial charge in [0.25, 0.3) is 0 Å². The van der Waals surface area contributed by atoms with Crippen molar-refractivity contribution in [3.05, 3.63) is 36.2 Å². The molecule has 20 heavy (non-hydrogen) atoms. The van der Waals surface area contributed by atoms with Crippen molar-refractivity contribution in [3.63, 3.8) is 0 Å². The lowest BCUT2D eigenvalue weighted by Crippen LogP contribution is -2.05. The van der Waals surface area contributed by atoms with Crippen molar-refractivity contribution in [2.75, 3.05) is 5.73 Å². The van der Waals surface area contributed by atoms with Crippen molar-refractivity contribution < 1.29 is 13.2 Å². The summed E-state index contributed by atoms with van der Waals surface area (Å²) in [5, 5.41) is 0.367. The fourth-order valence-corrected chi connectivity index (χ4v) is 2.43. The zero-order valence-electron chi connectivity index (χ0n) is 9.85. The van der Waals surface area contributed by atoms with Crippen LogP contribution in [0.5, 0.6) is 0 Å². The Bertz CT molecular complexity index is 782. The maximum Gasteiger partial charge on any atom is 0.417 e. The van der Waals surface area contributed by atoms with Crippen molar-refractivity contribution in [1.82, 2.24) is 15.0 Å². The number of anilines is 1. The van der Waals surface area contributed by atoms with E-state index < -0.39 is 11.7 Å². The summed E-state index contributed by atoms with van der Waals surface area (Å²) in [4.78, 5) is 12.5. The lowest BCUT2D eigenvalue weighted by Gasteiger charge is -2.07. The molecule has 3 aromatic heterocycles. The number of nitrogens with zero attached hydrogens (tertiary/aromatic N) is 3. The molecule has 0 amide bonds. The first-order chi connectivity index (χ1) is 9.43. The Hall–Kier alpha value is -2.22. The van der Waals surface area contributed by atoms with Gasteiger partial charge in [0.2, 0.25) is 0 Å². The highest BCUT2D eigenvalue weighted by Crippen LogP contribution is 2.32. The van der Waals surface area contributed by atoms with Gasteiger partial charge in [-0.1, -0.05) is 11.3 Å². The van der Waals surface area contributed by atoms with Gasteiger partial charge in [0.15, 0.2) is 5.13 Å². The SMILES string of the molecule is Nc1nc2ccc(-c3cncc(C(F)(F)F)c3)nc2s1. The highest BCUT2D eigenvalue weighted by atomic mass is 32.1. The molecule has 0 radical (unpaired) electrons. The number of pyridine rings is 2. The number of rotatable bonds is 1. The van der Waals surface area contributed by atoms with Crippen LogP contribution in [-0.4, -0.2) is 15.0 Å². The van der Waals surface area contributed by atoms with Gasteiger partial charge in [-0.3, -0.25) is 4.98 Å². The second-order valence-corrected chi connectivity index (χ2v) is 5.04. The largest absolute Gasteiger partial charge is 0.417 e. The summed E-state index contributed by atoms with van der Waals surface area (Å²) in [6.07, 6.45) is -2.30. The smallest absolute Gasteiger partial charge is 0.375 e. The van der Waals surface area contributed by atoms with Crippen LogP contribution in [0.3, 0.4) is 0 Å². The van der Waals surface area contributed by atoms with Crippen LogP contribution in [0.2, 0.25) is 0 Å². The minimum Gasteiger partial charge on any atom is -0.375 e. The third kappa shape index (κ3) is 2.29. The normalized spacial score (nSPS) is 11.9. The summed E-state index contributed by atoms with van der Waals surface area (Å²) in [6, 6.07) is 4.29. The van der Waals surface area contributed by atoms with E-state index in [4.69, 9.17) is 5.73 Å². The molecule has 0 aliphatic carbocycles. The van der Waals surface area contributed by atoms with Crippen molar-refractivity contribution >= 4 is 26.8 Å². The maximum atomic E-state index is 12.7. The number of thiazole rings is 1. The summed E-state index contributed by atoms with van der Waals surface area (Å²) in [5.41, 5.74) is 6.09. The molecule has 102 valence electrons. The molecule has 3 aromatic rings. The van der Waals surface area contributed by atoms with Gasteiger partial charge in [0, 0.05) is 18.0 Å². The van der Waals surface area contributed by atoms with Crippen LogP contribution in [0, 0.1) is 0 Å². The topological polar surface area (TPSA) is 64.7 Å². The number of nitrogens with two attached hydrogens (primary N) is 1. The van der Waals surface area contributed by atoms with Gasteiger partial charge in [0.1, 0.15) is 10.3 Å². The number of halogens is 3. The molecule has 0 saturated heterocycles. The molecular weight excluding hydrogens is 289 g/mol. The molecule has 0 aliphatic heterocycles. The number of hydrogen-bond donors (Lipinski definition) is 1. The predicted molar refractivity (Wildman–Crippen MR) is 70.1 cm³/mol. The van der Waals surface area contributed by atoms with Crippen LogP contribution >= 0.6 is 11.3 Å². The lowest BCUT2D eigenvalue weighted by molar-refractivity contribution is -0.137. The van der Waals surface area contributed by atoms with Crippen LogP contribution in [0.25, 0.3) is 21.6 Å². The summed E-state index contributed by atoms with van der Waals surface area (Å²) in [6.45, 7) is 0. The lowest BCUT2D eigenvalue weighted by atomic mass is 10.1. The molecule has 0 aliphatic rings. The van der Waals surface area contributed by atoms with E-state index in [1.165, 1.54) is 17.5 Å². The molecule has 2 N–H and O–H groups in total. The molecule has 0 aromatic carbocycles. The van der Waals surface area contributed by atoms with Crippen LogP contribution in [0.1, 0.15) is 5.56 Å². The Morgan fingerprint density at radius 3 is 2.65 bits per heavy atom. The monoisotopic (exact) mass is 296 g/mol. The minimum atomic E-state index is -4.43. The van der Waals surface area contributed by atoms with E-state index in [0.29, 0.717) is 26.7 Å². The van der Waals surface area contributed by atoms with Gasteiger partial charge < -0.3 is 5.73 Å². The van der Waals surface area contributed by atoms with E-state index in [1.807, 2.05) is 0 Å². The maximum absolute atomic E-state index is 12.7. The molecule has 0 unspecified atom stereocenters. The van der Waals surface area contributed by atoms with Crippen LogP contribution in [0.4, 0.5) is 18.3 Å². The molecule has 4 nitrogen and oxygen atoms in total. The molecular formula is C12H7F3N4S. The summed E-state index contributed by atoms with van der Waals surface area (Å²) in [7, 11) is 0. The number of fused-ring (bicyclic) bond motifs is 1. The van der Waals surface area contributed by atoms with Crippen molar-refractivity contribution in [2.24, 2.45) is 0 Å². The first-order valence-corrected chi connectivity index (χ1v) is 6.31. The summed E-state index contributed by atoms with van der Waals surface area (Å²) < 4.78 is 38.0. The Morgan fingerprint density at radius 1 is 1.10 bits per heavy atom. The van der Waals surface area contributed by atoms with Crippen LogP contribution < -0.4 is 5.73 Å². The molecule has 0 saturated carbocycles. The Balaban J connectivity index is 2.10. The first-order valence-electron chi connectivity index (χ1n) is 5.49. The van der Waals surface area contributed by atoms with Gasteiger partial charge in [-0.2, -0.15) is 13.2 Å². The molecule has 0 spiro atoms. The third-order valence-electron chi connectivity index (χ3n) is 2.63. The number of nitrogen functional groups attached to an aromatic ring is 1. The first kappa shape index (κ1) is 12.8. The van der Waals surface area contributed by atoms with Crippen LogP contribution in [0.15, 0.2) is 30.6 Å². The number of aromatic nitrogens is 3. The Kier molecular flexibility index (Phi) is 2.82. The Labute approximate surface area is 115 Å². The number of alkyl halides is 3. The average Bonchev–Trinajstić information content (AvgIpc) is 2.77. The van der Waals surface area contributed by atoms with E-state index in [9.17, 15) is 13.2 Å². The summed E-state index contributed by atoms with van der Waals surface area (Å²) >= 11 is 1.18. The van der Waals surface area contributed by atoms with Crippen LogP contribution in [-0.2, 0) is 6.18 Å². The summed E-state index contributed by atoms with van der Waals surface area (Å²) in [5.74, 6) is 0. The minimum absolute atomic E-state index is 0.300. The van der Waals surface area contributed by atoms with E-state index in [1.54, 1.807) is 12.1 Å². The molecule has 8 heteroatoms. The average molecular weight is 296 g/mol. The molecule has 0 fully saturated rings. The Morgan fingerprint density at radius 2 is 1.90 bits per heavy atom. The van der Waals surface area contributed by atoms with Gasteiger partial charge in [0.05, 0.1) is 11.3 Å². The van der Waals surface area contributed by atoms with E-state index in [-0.39, 0.29) is 0 Å². The van der Waals surface area contributed by atoms with Crippen molar-refractivity contribution in [1.29, 1.82) is 0 Å². The standard InChI is InChI=1S/C12H7F3N4S/c13-12(14,15)7-3-6(4-17-5-7)8-1-2-9-10(18-8)20-11(16)19-9/h1-5H,(H2,16,19). The van der Waals surface area contributed by atoms with E-state index in [0.717, 1.165) is 12.3 Å². The van der Waals surface area contributed by atoms with Gasteiger partial charge in [-0.25, -0.2) is 9.97 Å². The third-order valence-corrected chi connectivity index (χ3v) is 3.43. The second-order valence-electron chi connectivity index (χ2n) is 4.03. The molecule has 0 atom stereocenters. The quantitative estimate of drug-likeness (QED) is 0.748. The fraction of sp³-hybridized carbons (Fsp3) is 0.0833. The number of hydrogen-bond acceptors (Lipinski definition) is 5. The van der Waals surface area contributed by atoms with E-state index >= 15 is 0 Å². The molecule has 3 heterocycles. The van der Waals surface area contributed by atoms with Gasteiger partial charge in [-0.15, -0.1) is 0 Å². The van der Waals surface area contributed by atoms with Crippen molar-refractivity contribution in [2.45, 2.75) is 6.18 Å². The highest BCUT2D eigenvalue weighted by Gasteiger charge is 2.31. The van der Waals surface area contributed by atoms with Gasteiger partial charge >= 0.3 is 6.18 Å². The molecule has 0 bridgehead atoms. The zero-order valence-corrected chi connectivity index (χ0v) is 10.7. The molecule has 3 rings (SSSR count).